The van der Waals surface area contributed by atoms with E-state index in [9.17, 15) is 0 Å². The summed E-state index contributed by atoms with van der Waals surface area (Å²) in [5.74, 6) is 0. The van der Waals surface area contributed by atoms with Crippen molar-refractivity contribution in [3.05, 3.63) is 34.7 Å². The Hall–Kier alpha value is -0.900. The average Bonchev–Trinajstić information content (AvgIpc) is 2.81. The van der Waals surface area contributed by atoms with Gasteiger partial charge in [0.1, 0.15) is 0 Å². The third kappa shape index (κ3) is 3.78. The Morgan fingerprint density at radius 3 is 2.79 bits per heavy atom. The van der Waals surface area contributed by atoms with Gasteiger partial charge in [-0.2, -0.15) is 0 Å². The molecule has 0 amide bonds. The third-order valence-electron chi connectivity index (χ3n) is 3.36. The smallest absolute Gasteiger partial charge is 0.0734 e. The fraction of sp³-hybridized carbons (Fsp3) is 0.500. The van der Waals surface area contributed by atoms with E-state index in [1.807, 2.05) is 0 Å². The maximum absolute atomic E-state index is 5.84. The zero-order chi connectivity index (χ0) is 13.5. The van der Waals surface area contributed by atoms with Crippen LogP contribution in [0, 0.1) is 0 Å². The zero-order valence-corrected chi connectivity index (χ0v) is 12.5. The number of fused-ring (bicyclic) bond motifs is 1. The van der Waals surface area contributed by atoms with Crippen LogP contribution in [-0.4, -0.2) is 6.61 Å². The number of ether oxygens (including phenoxy) is 1. The first-order chi connectivity index (χ1) is 9.36. The lowest BCUT2D eigenvalue weighted by Gasteiger charge is -2.05. The van der Waals surface area contributed by atoms with Crippen LogP contribution in [0.15, 0.2) is 24.3 Å². The number of benzene rings is 1. The molecule has 3 heteroatoms. The molecule has 0 radical (unpaired) electrons. The molecular formula is C16H23NOS. The lowest BCUT2D eigenvalue weighted by molar-refractivity contribution is 0.117. The fourth-order valence-electron chi connectivity index (χ4n) is 2.28. The van der Waals surface area contributed by atoms with Crippen molar-refractivity contribution >= 4 is 21.4 Å². The molecule has 2 N–H and O–H groups in total. The molecule has 19 heavy (non-hydrogen) atoms. The van der Waals surface area contributed by atoms with Crippen molar-refractivity contribution in [1.82, 2.24) is 0 Å². The molecule has 0 bridgehead atoms. The van der Waals surface area contributed by atoms with E-state index in [1.54, 1.807) is 11.3 Å². The quantitative estimate of drug-likeness (QED) is 0.723. The van der Waals surface area contributed by atoms with Crippen LogP contribution in [0.5, 0.6) is 0 Å². The number of hydrogen-bond acceptors (Lipinski definition) is 3. The van der Waals surface area contributed by atoms with Crippen molar-refractivity contribution in [2.24, 2.45) is 5.73 Å². The highest BCUT2D eigenvalue weighted by Gasteiger charge is 2.10. The van der Waals surface area contributed by atoms with Crippen molar-refractivity contribution < 1.29 is 4.74 Å². The predicted molar refractivity (Wildman–Crippen MR) is 83.5 cm³/mol. The molecule has 0 fully saturated rings. The number of thiophene rings is 1. The van der Waals surface area contributed by atoms with Crippen molar-refractivity contribution in [2.45, 2.75) is 45.8 Å². The van der Waals surface area contributed by atoms with E-state index >= 15 is 0 Å². The first kappa shape index (κ1) is 14.5. The highest BCUT2D eigenvalue weighted by Crippen LogP contribution is 2.31. The summed E-state index contributed by atoms with van der Waals surface area (Å²) >= 11 is 1.79. The van der Waals surface area contributed by atoms with Gasteiger partial charge in [-0.3, -0.25) is 0 Å². The molecule has 0 aliphatic rings. The van der Waals surface area contributed by atoms with Gasteiger partial charge in [0.25, 0.3) is 0 Å². The van der Waals surface area contributed by atoms with E-state index in [2.05, 4.69) is 31.2 Å². The van der Waals surface area contributed by atoms with Gasteiger partial charge in [-0.15, -0.1) is 11.3 Å². The van der Waals surface area contributed by atoms with Crippen molar-refractivity contribution in [3.8, 4) is 0 Å². The van der Waals surface area contributed by atoms with Gasteiger partial charge in [0.05, 0.1) is 6.61 Å². The Balaban J connectivity index is 1.95. The van der Waals surface area contributed by atoms with E-state index in [-0.39, 0.29) is 0 Å². The molecular weight excluding hydrogens is 254 g/mol. The molecule has 0 aliphatic carbocycles. The van der Waals surface area contributed by atoms with Crippen LogP contribution in [0.4, 0.5) is 0 Å². The monoisotopic (exact) mass is 277 g/mol. The van der Waals surface area contributed by atoms with Crippen molar-refractivity contribution in [2.75, 3.05) is 6.61 Å². The molecule has 104 valence electrons. The normalized spacial score (nSPS) is 11.3. The molecule has 0 aliphatic heterocycles. The summed E-state index contributed by atoms with van der Waals surface area (Å²) in [6, 6.07) is 8.49. The fourth-order valence-corrected chi connectivity index (χ4v) is 3.37. The summed E-state index contributed by atoms with van der Waals surface area (Å²) in [5, 5.41) is 1.31. The third-order valence-corrected chi connectivity index (χ3v) is 4.59. The first-order valence-electron chi connectivity index (χ1n) is 7.14. The van der Waals surface area contributed by atoms with E-state index in [4.69, 9.17) is 10.5 Å². The Labute approximate surface area is 119 Å². The van der Waals surface area contributed by atoms with Crippen LogP contribution in [0.2, 0.25) is 0 Å². The average molecular weight is 277 g/mol. The minimum Gasteiger partial charge on any atom is -0.377 e. The molecule has 0 atom stereocenters. The summed E-state index contributed by atoms with van der Waals surface area (Å²) in [4.78, 5) is 1.26. The molecule has 2 rings (SSSR count). The Morgan fingerprint density at radius 2 is 2.00 bits per heavy atom. The molecule has 0 unspecified atom stereocenters. The SMILES string of the molecule is CCCCCCOCc1c(CN)sc2ccccc12. The highest BCUT2D eigenvalue weighted by molar-refractivity contribution is 7.19. The van der Waals surface area contributed by atoms with Crippen LogP contribution in [-0.2, 0) is 17.9 Å². The lowest BCUT2D eigenvalue weighted by atomic mass is 10.1. The predicted octanol–water partition coefficient (Wildman–Crippen LogP) is 4.46. The number of unbranched alkanes of at least 4 members (excludes halogenated alkanes) is 3. The van der Waals surface area contributed by atoms with Crippen LogP contribution < -0.4 is 5.73 Å². The molecule has 2 nitrogen and oxygen atoms in total. The summed E-state index contributed by atoms with van der Waals surface area (Å²) in [5.41, 5.74) is 7.13. The van der Waals surface area contributed by atoms with Gasteiger partial charge < -0.3 is 10.5 Å². The van der Waals surface area contributed by atoms with Gasteiger partial charge >= 0.3 is 0 Å². The van der Waals surface area contributed by atoms with Gasteiger partial charge in [-0.25, -0.2) is 0 Å². The maximum Gasteiger partial charge on any atom is 0.0734 e. The molecule has 0 saturated carbocycles. The molecule has 2 aromatic rings. The molecule has 1 aromatic heterocycles. The minimum absolute atomic E-state index is 0.605. The second-order valence-electron chi connectivity index (χ2n) is 4.82. The number of rotatable bonds is 8. The van der Waals surface area contributed by atoms with Crippen LogP contribution in [0.25, 0.3) is 10.1 Å². The largest absolute Gasteiger partial charge is 0.377 e. The van der Waals surface area contributed by atoms with Crippen LogP contribution >= 0.6 is 11.3 Å². The molecule has 1 aromatic carbocycles. The topological polar surface area (TPSA) is 35.2 Å². The highest BCUT2D eigenvalue weighted by atomic mass is 32.1. The summed E-state index contributed by atoms with van der Waals surface area (Å²) in [6.07, 6.45) is 5.00. The van der Waals surface area contributed by atoms with Gasteiger partial charge in [-0.05, 0) is 17.9 Å². The van der Waals surface area contributed by atoms with Gasteiger partial charge in [0, 0.05) is 28.3 Å². The summed E-state index contributed by atoms with van der Waals surface area (Å²) in [6.45, 7) is 4.39. The zero-order valence-electron chi connectivity index (χ0n) is 11.7. The Bertz CT molecular complexity index is 506. The molecule has 0 saturated heterocycles. The number of hydrogen-bond donors (Lipinski definition) is 1. The van der Waals surface area contributed by atoms with E-state index in [0.717, 1.165) is 13.0 Å². The Kier molecular flexibility index (Phi) is 5.83. The van der Waals surface area contributed by atoms with Gasteiger partial charge in [0.2, 0.25) is 0 Å². The van der Waals surface area contributed by atoms with Gasteiger partial charge in [-0.1, -0.05) is 44.4 Å². The van der Waals surface area contributed by atoms with Crippen LogP contribution in [0.1, 0.15) is 43.0 Å². The summed E-state index contributed by atoms with van der Waals surface area (Å²) in [7, 11) is 0. The van der Waals surface area contributed by atoms with E-state index < -0.39 is 0 Å². The van der Waals surface area contributed by atoms with Crippen molar-refractivity contribution in [1.29, 1.82) is 0 Å². The maximum atomic E-state index is 5.84. The second-order valence-corrected chi connectivity index (χ2v) is 5.95. The summed E-state index contributed by atoms with van der Waals surface area (Å²) < 4.78 is 7.14. The van der Waals surface area contributed by atoms with E-state index in [0.29, 0.717) is 13.2 Å². The number of nitrogens with two attached hydrogens (primary N) is 1. The molecule has 1 heterocycles. The Morgan fingerprint density at radius 1 is 1.16 bits per heavy atom. The lowest BCUT2D eigenvalue weighted by Crippen LogP contribution is -2.01. The second kappa shape index (κ2) is 7.63. The van der Waals surface area contributed by atoms with E-state index in [1.165, 1.54) is 39.8 Å². The standard InChI is InChI=1S/C16H23NOS/c1-2-3-4-7-10-18-12-14-13-8-5-6-9-15(13)19-16(14)11-17/h5-6,8-9H,2-4,7,10-12,17H2,1H3. The molecule has 0 spiro atoms. The van der Waals surface area contributed by atoms with Gasteiger partial charge in [0.15, 0.2) is 0 Å². The van der Waals surface area contributed by atoms with Crippen LogP contribution in [0.3, 0.4) is 0 Å². The first-order valence-corrected chi connectivity index (χ1v) is 7.95. The van der Waals surface area contributed by atoms with Crippen molar-refractivity contribution in [3.63, 3.8) is 0 Å². The minimum atomic E-state index is 0.605.